The van der Waals surface area contributed by atoms with E-state index in [1.807, 2.05) is 13.8 Å². The molecule has 2 rings (SSSR count). The van der Waals surface area contributed by atoms with Crippen molar-refractivity contribution in [2.75, 3.05) is 5.32 Å². The van der Waals surface area contributed by atoms with Crippen molar-refractivity contribution in [3.8, 4) is 0 Å². The van der Waals surface area contributed by atoms with Crippen LogP contribution in [0.1, 0.15) is 29.8 Å². The molecule has 134 valence electrons. The highest BCUT2D eigenvalue weighted by atomic mass is 16.6. The Hall–Kier alpha value is -3.48. The average Bonchev–Trinajstić information content (AvgIpc) is 2.60. The van der Waals surface area contributed by atoms with E-state index in [-0.39, 0.29) is 23.5 Å². The van der Waals surface area contributed by atoms with Gasteiger partial charge in [-0.05, 0) is 61.9 Å². The van der Waals surface area contributed by atoms with E-state index in [4.69, 9.17) is 0 Å². The maximum Gasteiger partial charge on any atom is 0.269 e. The minimum atomic E-state index is -0.481. The second-order valence-electron chi connectivity index (χ2n) is 5.88. The summed E-state index contributed by atoms with van der Waals surface area (Å²) in [6.07, 6.45) is 2.89. The van der Waals surface area contributed by atoms with Crippen LogP contribution in [0.15, 0.2) is 54.6 Å². The number of hydrogen-bond donors (Lipinski definition) is 2. The summed E-state index contributed by atoms with van der Waals surface area (Å²) in [7, 11) is 0. The lowest BCUT2D eigenvalue weighted by atomic mass is 10.1. The summed E-state index contributed by atoms with van der Waals surface area (Å²) >= 11 is 0. The van der Waals surface area contributed by atoms with Gasteiger partial charge in [-0.1, -0.05) is 0 Å². The minimum absolute atomic E-state index is 0.00630. The van der Waals surface area contributed by atoms with E-state index in [1.165, 1.54) is 18.2 Å². The number of hydrogen-bond acceptors (Lipinski definition) is 4. The Bertz CT molecular complexity index is 825. The fraction of sp³-hybridized carbons (Fsp3) is 0.158. The van der Waals surface area contributed by atoms with E-state index in [0.717, 1.165) is 0 Å². The Kier molecular flexibility index (Phi) is 6.21. The van der Waals surface area contributed by atoms with Crippen LogP contribution in [0.3, 0.4) is 0 Å². The molecule has 0 unspecified atom stereocenters. The van der Waals surface area contributed by atoms with Crippen LogP contribution < -0.4 is 10.6 Å². The topological polar surface area (TPSA) is 101 Å². The lowest BCUT2D eigenvalue weighted by Crippen LogP contribution is -2.29. The zero-order chi connectivity index (χ0) is 19.1. The molecule has 2 amide bonds. The van der Waals surface area contributed by atoms with Gasteiger partial charge >= 0.3 is 0 Å². The largest absolute Gasteiger partial charge is 0.350 e. The fourth-order valence-corrected chi connectivity index (χ4v) is 2.11. The van der Waals surface area contributed by atoms with Crippen LogP contribution in [-0.4, -0.2) is 22.8 Å². The first-order chi connectivity index (χ1) is 12.3. The van der Waals surface area contributed by atoms with Gasteiger partial charge in [0.2, 0.25) is 5.91 Å². The molecule has 7 nitrogen and oxygen atoms in total. The zero-order valence-electron chi connectivity index (χ0n) is 14.4. The second-order valence-corrected chi connectivity index (χ2v) is 5.88. The molecule has 0 saturated carbocycles. The zero-order valence-corrected chi connectivity index (χ0v) is 14.4. The molecule has 0 radical (unpaired) electrons. The molecule has 26 heavy (non-hydrogen) atoms. The molecule has 0 heterocycles. The Morgan fingerprint density at radius 1 is 1.04 bits per heavy atom. The van der Waals surface area contributed by atoms with Crippen molar-refractivity contribution in [3.63, 3.8) is 0 Å². The van der Waals surface area contributed by atoms with E-state index in [1.54, 1.807) is 42.5 Å². The highest BCUT2D eigenvalue weighted by molar-refractivity contribution is 6.02. The molecular formula is C19H19N3O4. The maximum absolute atomic E-state index is 11.9. The van der Waals surface area contributed by atoms with Crippen molar-refractivity contribution in [2.24, 2.45) is 0 Å². The van der Waals surface area contributed by atoms with Crippen molar-refractivity contribution >= 4 is 29.3 Å². The van der Waals surface area contributed by atoms with Gasteiger partial charge in [0.25, 0.3) is 11.6 Å². The molecule has 2 N–H and O–H groups in total. The predicted octanol–water partition coefficient (Wildman–Crippen LogP) is 3.38. The van der Waals surface area contributed by atoms with Crippen LogP contribution in [-0.2, 0) is 4.79 Å². The maximum atomic E-state index is 11.9. The van der Waals surface area contributed by atoms with Crippen LogP contribution in [0.2, 0.25) is 0 Å². The standard InChI is InChI=1S/C19H19N3O4/c1-13(2)20-19(24)15-6-8-16(9-7-15)21-18(23)12-5-14-3-10-17(11-4-14)22(25)26/h3-13H,1-2H3,(H,20,24)(H,21,23)/b12-5+. The SMILES string of the molecule is CC(C)NC(=O)c1ccc(NC(=O)/C=C/c2ccc([N+](=O)[O-])cc2)cc1. The minimum Gasteiger partial charge on any atom is -0.350 e. The van der Waals surface area contributed by atoms with Crippen molar-refractivity contribution in [3.05, 3.63) is 75.8 Å². The third-order valence-electron chi connectivity index (χ3n) is 3.37. The summed E-state index contributed by atoms with van der Waals surface area (Å²) in [5, 5.41) is 16.1. The Morgan fingerprint density at radius 3 is 2.19 bits per heavy atom. The summed E-state index contributed by atoms with van der Waals surface area (Å²) in [6, 6.07) is 12.5. The Balaban J connectivity index is 1.94. The molecule has 2 aromatic carbocycles. The number of nitrogens with one attached hydrogen (secondary N) is 2. The van der Waals surface area contributed by atoms with Gasteiger partial charge in [-0.25, -0.2) is 0 Å². The molecule has 0 aromatic heterocycles. The molecule has 0 atom stereocenters. The molecule has 0 bridgehead atoms. The van der Waals surface area contributed by atoms with Gasteiger partial charge in [0.15, 0.2) is 0 Å². The van der Waals surface area contributed by atoms with Gasteiger partial charge in [-0.2, -0.15) is 0 Å². The number of nitro groups is 1. The van der Waals surface area contributed by atoms with Crippen LogP contribution >= 0.6 is 0 Å². The predicted molar refractivity (Wildman–Crippen MR) is 99.8 cm³/mol. The molecule has 0 aliphatic heterocycles. The quantitative estimate of drug-likeness (QED) is 0.472. The van der Waals surface area contributed by atoms with Crippen LogP contribution in [0.25, 0.3) is 6.08 Å². The number of amides is 2. The number of benzene rings is 2. The summed E-state index contributed by atoms with van der Waals surface area (Å²) in [5.74, 6) is -0.515. The molecular weight excluding hydrogens is 334 g/mol. The van der Waals surface area contributed by atoms with Gasteiger partial charge in [-0.15, -0.1) is 0 Å². The van der Waals surface area contributed by atoms with Crippen LogP contribution in [0, 0.1) is 10.1 Å². The Morgan fingerprint density at radius 2 is 1.65 bits per heavy atom. The van der Waals surface area contributed by atoms with E-state index < -0.39 is 4.92 Å². The number of anilines is 1. The monoisotopic (exact) mass is 353 g/mol. The van der Waals surface area contributed by atoms with Crippen molar-refractivity contribution < 1.29 is 14.5 Å². The first kappa shape index (κ1) is 18.9. The van der Waals surface area contributed by atoms with Crippen molar-refractivity contribution in [1.29, 1.82) is 0 Å². The summed E-state index contributed by atoms with van der Waals surface area (Å²) in [5.41, 5.74) is 1.74. The number of non-ortho nitro benzene ring substituents is 1. The lowest BCUT2D eigenvalue weighted by Gasteiger charge is -2.09. The molecule has 0 spiro atoms. The third-order valence-corrected chi connectivity index (χ3v) is 3.37. The second kappa shape index (κ2) is 8.57. The number of carbonyl (C=O) groups is 2. The van der Waals surface area contributed by atoms with Gasteiger partial charge in [0, 0.05) is 35.5 Å². The van der Waals surface area contributed by atoms with Crippen molar-refractivity contribution in [1.82, 2.24) is 5.32 Å². The Labute approximate surface area is 150 Å². The van der Waals surface area contributed by atoms with E-state index >= 15 is 0 Å². The molecule has 7 heteroatoms. The van der Waals surface area contributed by atoms with E-state index in [2.05, 4.69) is 10.6 Å². The van der Waals surface area contributed by atoms with E-state index in [0.29, 0.717) is 16.8 Å². The average molecular weight is 353 g/mol. The van der Waals surface area contributed by atoms with Gasteiger partial charge in [-0.3, -0.25) is 19.7 Å². The highest BCUT2D eigenvalue weighted by Gasteiger charge is 2.07. The normalized spacial score (nSPS) is 10.7. The number of nitrogens with zero attached hydrogens (tertiary/aromatic N) is 1. The first-order valence-corrected chi connectivity index (χ1v) is 7.99. The summed E-state index contributed by atoms with van der Waals surface area (Å²) < 4.78 is 0. The number of carbonyl (C=O) groups excluding carboxylic acids is 2. The fourth-order valence-electron chi connectivity index (χ4n) is 2.11. The molecule has 0 aliphatic rings. The van der Waals surface area contributed by atoms with Gasteiger partial charge in [0.1, 0.15) is 0 Å². The summed E-state index contributed by atoms with van der Waals surface area (Å²) in [4.78, 5) is 33.9. The van der Waals surface area contributed by atoms with Gasteiger partial charge < -0.3 is 10.6 Å². The number of nitro benzene ring substituents is 1. The van der Waals surface area contributed by atoms with Crippen LogP contribution in [0.4, 0.5) is 11.4 Å². The molecule has 0 saturated heterocycles. The lowest BCUT2D eigenvalue weighted by molar-refractivity contribution is -0.384. The van der Waals surface area contributed by atoms with Gasteiger partial charge in [0.05, 0.1) is 4.92 Å². The number of rotatable bonds is 6. The smallest absolute Gasteiger partial charge is 0.269 e. The molecule has 2 aromatic rings. The van der Waals surface area contributed by atoms with E-state index in [9.17, 15) is 19.7 Å². The molecule has 0 aliphatic carbocycles. The third kappa shape index (κ3) is 5.55. The van der Waals surface area contributed by atoms with Crippen LogP contribution in [0.5, 0.6) is 0 Å². The summed E-state index contributed by atoms with van der Waals surface area (Å²) in [6.45, 7) is 3.76. The first-order valence-electron chi connectivity index (χ1n) is 7.99. The highest BCUT2D eigenvalue weighted by Crippen LogP contribution is 2.13. The van der Waals surface area contributed by atoms with Crippen molar-refractivity contribution in [2.45, 2.75) is 19.9 Å². The molecule has 0 fully saturated rings.